The molecule has 13 atom stereocenters. The number of hydrogen-bond acceptors (Lipinski definition) is 27. The number of ketones is 7. The van der Waals surface area contributed by atoms with E-state index in [0.717, 1.165) is 0 Å². The van der Waals surface area contributed by atoms with Crippen LogP contribution in [0.25, 0.3) is 0 Å². The minimum absolute atomic E-state index is 0.109. The Morgan fingerprint density at radius 3 is 1.08 bits per heavy atom. The van der Waals surface area contributed by atoms with E-state index in [0.29, 0.717) is 6.42 Å². The Kier molecular flexibility index (Phi) is 51.1. The zero-order valence-corrected chi connectivity index (χ0v) is 69.1. The Morgan fingerprint density at radius 2 is 0.727 bits per heavy atom. The fourth-order valence-corrected chi connectivity index (χ4v) is 13.5. The molecular weight excluding hydrogens is 1630 g/mol. The SMILES string of the molecule is CNC(=O)[C@H](C)CC(=O)[C@H](CSC)NC(=O)CCC(=O)[C@H](CC(C)C)NC(=O)[C@@H]1CCCN1C(=O)COCCCC(=O)[C@@H](CCC(=O)O)NC(=O)[C@@H](CCC(=O)O)CC(=O)[C@@H](CCC(=O)O)NC(=O)[C@@H](CCC(=O)O)CC(=O)[C@@H](CCC(=O)O)NC(=O)[C@@H](CCC(=O)O)CC(=O)[C@@H](CCC(=O)O)NC(=O)[C@@H](CCC(=O)O)CC(=O)[C@H](N)CCC(=O)O. The fraction of sp³-hybridized carbons (Fsp3) is 0.688. The maximum absolute atomic E-state index is 14.4. The molecule has 1 saturated heterocycles. The molecule has 0 aliphatic carbocycles. The number of carbonyl (C=O) groups excluding carboxylic acids is 15. The van der Waals surface area contributed by atoms with Gasteiger partial charge in [-0.1, -0.05) is 20.8 Å². The van der Waals surface area contributed by atoms with Crippen molar-refractivity contribution in [2.75, 3.05) is 38.8 Å². The van der Waals surface area contributed by atoms with E-state index in [9.17, 15) is 156 Å². The number of nitrogens with zero attached hydrogens (tertiary/aromatic N) is 1. The van der Waals surface area contributed by atoms with E-state index in [4.69, 9.17) is 15.6 Å². The van der Waals surface area contributed by atoms with Crippen molar-refractivity contribution >= 4 is 153 Å². The highest BCUT2D eigenvalue weighted by Crippen LogP contribution is 2.25. The topological polar surface area (TPSA) is 714 Å². The van der Waals surface area contributed by atoms with Gasteiger partial charge in [-0.25, -0.2) is 0 Å². The van der Waals surface area contributed by atoms with Crippen molar-refractivity contribution in [3.8, 4) is 0 Å². The number of rotatable bonds is 69. The lowest BCUT2D eigenvalue weighted by Gasteiger charge is -2.27. The van der Waals surface area contributed by atoms with Crippen LogP contribution in [0.2, 0.25) is 0 Å². The molecule has 0 spiro atoms. The summed E-state index contributed by atoms with van der Waals surface area (Å²) in [4.78, 5) is 313. The first-order valence-corrected chi connectivity index (χ1v) is 40.9. The van der Waals surface area contributed by atoms with E-state index >= 15 is 0 Å². The Labute approximate surface area is 700 Å². The van der Waals surface area contributed by atoms with Crippen LogP contribution in [0.4, 0.5) is 0 Å². The molecule has 1 fully saturated rings. The number of Topliss-reactive ketones (excluding diaryl/α,β-unsaturated/α-hetero) is 7. The first-order valence-electron chi connectivity index (χ1n) is 39.5. The number of aliphatic carboxylic acids is 9. The average molecular weight is 1740 g/mol. The second-order valence-electron chi connectivity index (χ2n) is 30.0. The molecule has 0 saturated carbocycles. The maximum atomic E-state index is 14.4. The van der Waals surface area contributed by atoms with Crippen molar-refractivity contribution in [2.45, 2.75) is 262 Å². The number of ether oxygens (including phenoxy) is 1. The van der Waals surface area contributed by atoms with Gasteiger partial charge in [0.2, 0.25) is 47.3 Å². The van der Waals surface area contributed by atoms with Crippen molar-refractivity contribution in [2.24, 2.45) is 41.2 Å². The predicted molar refractivity (Wildman–Crippen MR) is 419 cm³/mol. The van der Waals surface area contributed by atoms with Gasteiger partial charge in [-0.2, -0.15) is 11.8 Å². The molecule has 8 amide bonds. The van der Waals surface area contributed by atoms with Crippen LogP contribution in [0.5, 0.6) is 0 Å². The number of carbonyl (C=O) groups is 24. The van der Waals surface area contributed by atoms with Gasteiger partial charge in [0.15, 0.2) is 34.7 Å². The fourth-order valence-electron chi connectivity index (χ4n) is 12.9. The van der Waals surface area contributed by atoms with Gasteiger partial charge in [-0.3, -0.25) is 115 Å². The molecule has 0 bridgehead atoms. The molecule has 18 N–H and O–H groups in total. The molecule has 1 aliphatic heterocycles. The van der Waals surface area contributed by atoms with Gasteiger partial charge >= 0.3 is 53.7 Å². The largest absolute Gasteiger partial charge is 0.481 e. The van der Waals surface area contributed by atoms with E-state index in [2.05, 4.69) is 37.2 Å². The monoisotopic (exact) mass is 1740 g/mol. The standard InChI is InChI=1S/C77H115N9O34S/c1-40(2)32-51(55(88)19-20-61(94)80-52(39-121-5)57(90)33-41(3)72(114)79-4)85-77(119)53-8-6-30-86(53)62(95)38-120-31-7-9-54(87)47(15-26-68(106)107)81-74(116)43(11-22-64(98)99)35-58(91)49(17-28-70(110)111)83-76(118)45(13-24-66(102)103)37-60(93)50(18-29-71(112)113)84-75(117)44(12-23-65(100)101)36-59(92)48(16-27-69(108)109)82-73(115)42(10-21-63(96)97)34-56(89)46(78)14-25-67(104)105/h40-53H,6-39,78H2,1-5H3,(H,79,114)(H,80,94)(H,81,116)(H,82,115)(H,83,118)(H,84,117)(H,85,119)(H,96,97)(H,98,99)(H,100,101)(H,102,103)(H,104,105)(H,106,107)(H,108,109)(H,110,111)(H,112,113)/t41-,42+,43+,44+,45+,46-,47-,48-,49-,50-,51+,52+,53+/m1/s1. The minimum atomic E-state index is -2.00. The molecule has 44 heteroatoms. The highest BCUT2D eigenvalue weighted by molar-refractivity contribution is 7.98. The van der Waals surface area contributed by atoms with E-state index in [1.807, 2.05) is 0 Å². The summed E-state index contributed by atoms with van der Waals surface area (Å²) in [5, 5.41) is 103. The number of nitrogens with two attached hydrogens (primary N) is 1. The summed E-state index contributed by atoms with van der Waals surface area (Å²) < 4.78 is 5.57. The van der Waals surface area contributed by atoms with Crippen LogP contribution in [-0.4, -0.2) is 279 Å². The molecule has 1 rings (SSSR count). The van der Waals surface area contributed by atoms with Crippen LogP contribution in [0.15, 0.2) is 0 Å². The van der Waals surface area contributed by atoms with Gasteiger partial charge in [-0.05, 0) is 95.6 Å². The molecule has 0 radical (unpaired) electrons. The highest BCUT2D eigenvalue weighted by atomic mass is 32.2. The van der Waals surface area contributed by atoms with E-state index in [-0.39, 0.29) is 75.0 Å². The summed E-state index contributed by atoms with van der Waals surface area (Å²) in [6.45, 7) is 4.35. The zero-order chi connectivity index (χ0) is 91.9. The Balaban J connectivity index is 3.51. The van der Waals surface area contributed by atoms with Crippen LogP contribution in [-0.2, 0) is 120 Å². The summed E-state index contributed by atoms with van der Waals surface area (Å²) in [5.41, 5.74) is 5.81. The lowest BCUT2D eigenvalue weighted by atomic mass is 9.88. The van der Waals surface area contributed by atoms with Gasteiger partial charge in [0.05, 0.1) is 42.3 Å². The Hall–Kier alpha value is -11.0. The van der Waals surface area contributed by atoms with Gasteiger partial charge in [0.25, 0.3) is 0 Å². The normalized spacial score (nSPS) is 15.4. The van der Waals surface area contributed by atoms with Gasteiger partial charge in [0, 0.05) is 165 Å². The van der Waals surface area contributed by atoms with Crippen LogP contribution < -0.4 is 43.0 Å². The molecule has 0 aromatic heterocycles. The second-order valence-corrected chi connectivity index (χ2v) is 30.9. The lowest BCUT2D eigenvalue weighted by molar-refractivity contribution is -0.142. The molecule has 121 heavy (non-hydrogen) atoms. The smallest absolute Gasteiger partial charge is 0.303 e. The predicted octanol–water partition coefficient (Wildman–Crippen LogP) is -0.236. The van der Waals surface area contributed by atoms with Gasteiger partial charge in [-0.15, -0.1) is 0 Å². The van der Waals surface area contributed by atoms with Gasteiger partial charge < -0.3 is 98.5 Å². The Morgan fingerprint density at radius 1 is 0.388 bits per heavy atom. The average Bonchev–Trinajstić information content (AvgIpc) is 1.75. The van der Waals surface area contributed by atoms with Crippen LogP contribution in [0.3, 0.4) is 0 Å². The number of hydrogen-bond donors (Lipinski definition) is 17. The summed E-state index contributed by atoms with van der Waals surface area (Å²) in [7, 11) is 1.43. The van der Waals surface area contributed by atoms with Crippen molar-refractivity contribution in [3.63, 3.8) is 0 Å². The number of carboxylic acid groups (broad SMARTS) is 9. The summed E-state index contributed by atoms with van der Waals surface area (Å²) >= 11 is 1.29. The number of thioether (sulfide) groups is 1. The third-order valence-corrected chi connectivity index (χ3v) is 20.3. The number of amides is 8. The zero-order valence-electron chi connectivity index (χ0n) is 68.3. The second kappa shape index (κ2) is 57.2. The van der Waals surface area contributed by atoms with E-state index in [1.54, 1.807) is 27.0 Å². The molecule has 0 unspecified atom stereocenters. The first kappa shape index (κ1) is 108. The van der Waals surface area contributed by atoms with Crippen molar-refractivity contribution in [3.05, 3.63) is 0 Å². The molecule has 1 heterocycles. The summed E-state index contributed by atoms with van der Waals surface area (Å²) in [6, 6.07) is -12.0. The molecule has 0 aromatic rings. The number of likely N-dealkylation sites (tertiary alicyclic amines) is 1. The molecular formula is C77H115N9O34S. The van der Waals surface area contributed by atoms with Crippen molar-refractivity contribution in [1.29, 1.82) is 0 Å². The Bertz CT molecular complexity index is 3700. The maximum Gasteiger partial charge on any atom is 0.303 e. The van der Waals surface area contributed by atoms with Crippen LogP contribution in [0, 0.1) is 35.5 Å². The van der Waals surface area contributed by atoms with Crippen molar-refractivity contribution in [1.82, 2.24) is 42.1 Å². The molecule has 0 aromatic carbocycles. The van der Waals surface area contributed by atoms with E-state index in [1.165, 1.54) is 23.7 Å². The quantitative estimate of drug-likeness (QED) is 0.0350. The van der Waals surface area contributed by atoms with Gasteiger partial charge in [0.1, 0.15) is 18.4 Å². The summed E-state index contributed by atoms with van der Waals surface area (Å²) in [6.07, 6.45) is -16.6. The lowest BCUT2D eigenvalue weighted by Crippen LogP contribution is -2.52. The van der Waals surface area contributed by atoms with Crippen LogP contribution in [0.1, 0.15) is 213 Å². The van der Waals surface area contributed by atoms with Crippen LogP contribution >= 0.6 is 11.8 Å². The highest BCUT2D eigenvalue weighted by Gasteiger charge is 2.40. The summed E-state index contributed by atoms with van der Waals surface area (Å²) in [5.74, 6) is -34.8. The van der Waals surface area contributed by atoms with E-state index < -0.39 is 362 Å². The van der Waals surface area contributed by atoms with Crippen molar-refractivity contribution < 1.29 is 166 Å². The first-order chi connectivity index (χ1) is 56.7. The number of nitrogens with one attached hydrogen (secondary N) is 7. The third kappa shape index (κ3) is 45.3. The minimum Gasteiger partial charge on any atom is -0.481 e. The molecule has 1 aliphatic rings. The molecule has 678 valence electrons. The number of carboxylic acids is 9. The molecule has 43 nitrogen and oxygen atoms in total. The third-order valence-electron chi connectivity index (χ3n) is 19.7.